The van der Waals surface area contributed by atoms with Crippen LogP contribution in [0.3, 0.4) is 0 Å². The number of aromatic nitrogens is 6. The number of hydrogen-bond donors (Lipinski definition) is 3. The van der Waals surface area contributed by atoms with Crippen LogP contribution >= 0.6 is 0 Å². The quantitative estimate of drug-likeness (QED) is 0.390. The van der Waals surface area contributed by atoms with Crippen molar-refractivity contribution in [3.8, 4) is 22.9 Å². The smallest absolute Gasteiger partial charge is 0.257 e. The second-order valence-corrected chi connectivity index (χ2v) is 8.16. The summed E-state index contributed by atoms with van der Waals surface area (Å²) in [6, 6.07) is 5.68. The van der Waals surface area contributed by atoms with Crippen LogP contribution in [-0.2, 0) is 11.3 Å². The van der Waals surface area contributed by atoms with E-state index in [0.29, 0.717) is 36.3 Å². The van der Waals surface area contributed by atoms with E-state index in [-0.39, 0.29) is 18.5 Å². The molecule has 0 fully saturated rings. The molecule has 4 aromatic rings. The molecule has 1 atom stereocenters. The van der Waals surface area contributed by atoms with Gasteiger partial charge in [0, 0.05) is 11.8 Å². The molecule has 1 aliphatic heterocycles. The molecule has 1 amide bonds. The lowest BCUT2D eigenvalue weighted by Crippen LogP contribution is -2.21. The average molecular weight is 448 g/mol. The van der Waals surface area contributed by atoms with Gasteiger partial charge in [-0.2, -0.15) is 5.10 Å². The lowest BCUT2D eigenvalue weighted by atomic mass is 10.00. The fourth-order valence-electron chi connectivity index (χ4n) is 3.81. The highest BCUT2D eigenvalue weighted by molar-refractivity contribution is 5.91. The van der Waals surface area contributed by atoms with Crippen molar-refractivity contribution in [2.75, 3.05) is 18.5 Å². The normalized spacial score (nSPS) is 13.9. The first-order valence-electron chi connectivity index (χ1n) is 10.7. The lowest BCUT2D eigenvalue weighted by molar-refractivity contribution is -0.118. The van der Waals surface area contributed by atoms with Crippen molar-refractivity contribution in [3.63, 3.8) is 0 Å². The maximum atomic E-state index is 11.2. The van der Waals surface area contributed by atoms with E-state index in [2.05, 4.69) is 44.2 Å². The Morgan fingerprint density at radius 1 is 1.27 bits per heavy atom. The molecule has 0 saturated carbocycles. The van der Waals surface area contributed by atoms with Gasteiger partial charge in [0.25, 0.3) is 5.88 Å². The number of nitrogens with one attached hydrogen (secondary N) is 2. The van der Waals surface area contributed by atoms with Crippen LogP contribution in [0.15, 0.2) is 36.9 Å². The monoisotopic (exact) mass is 448 g/mol. The van der Waals surface area contributed by atoms with E-state index in [9.17, 15) is 4.79 Å². The summed E-state index contributed by atoms with van der Waals surface area (Å²) in [5.41, 5.74) is 8.40. The second kappa shape index (κ2) is 8.41. The van der Waals surface area contributed by atoms with Crippen LogP contribution in [0, 0.1) is 5.92 Å². The van der Waals surface area contributed by atoms with Gasteiger partial charge in [0.2, 0.25) is 5.91 Å². The number of hydrogen-bond acceptors (Lipinski definition) is 8. The number of anilines is 1. The SMILES string of the molecule is CC(C)[C@H](Nc1ncnc2[nH]c(-c3cnn(CC(N)=O)c3)cc12)c1ccc2c(n1)OCCO2. The first-order chi connectivity index (χ1) is 16.0. The number of fused-ring (bicyclic) bond motifs is 2. The summed E-state index contributed by atoms with van der Waals surface area (Å²) in [5.74, 6) is 1.61. The Morgan fingerprint density at radius 2 is 2.12 bits per heavy atom. The molecule has 4 aromatic heterocycles. The van der Waals surface area contributed by atoms with E-state index in [1.807, 2.05) is 18.2 Å². The van der Waals surface area contributed by atoms with E-state index in [1.54, 1.807) is 12.4 Å². The number of amides is 1. The molecule has 0 radical (unpaired) electrons. The third kappa shape index (κ3) is 4.16. The van der Waals surface area contributed by atoms with Gasteiger partial charge in [-0.15, -0.1) is 0 Å². The zero-order valence-electron chi connectivity index (χ0n) is 18.3. The Labute approximate surface area is 189 Å². The predicted octanol–water partition coefficient (Wildman–Crippen LogP) is 2.28. The summed E-state index contributed by atoms with van der Waals surface area (Å²) in [5, 5.41) is 8.55. The molecule has 11 nitrogen and oxygen atoms in total. The van der Waals surface area contributed by atoms with Crippen molar-refractivity contribution in [1.82, 2.24) is 29.7 Å². The van der Waals surface area contributed by atoms with E-state index >= 15 is 0 Å². The molecular weight excluding hydrogens is 424 g/mol. The highest BCUT2D eigenvalue weighted by Gasteiger charge is 2.23. The van der Waals surface area contributed by atoms with Crippen LogP contribution in [-0.4, -0.2) is 48.8 Å². The predicted molar refractivity (Wildman–Crippen MR) is 121 cm³/mol. The highest BCUT2D eigenvalue weighted by atomic mass is 16.6. The number of H-pyrrole nitrogens is 1. The minimum atomic E-state index is -0.453. The van der Waals surface area contributed by atoms with Gasteiger partial charge in [0.1, 0.15) is 37.6 Å². The van der Waals surface area contributed by atoms with E-state index in [1.165, 1.54) is 11.0 Å². The van der Waals surface area contributed by atoms with Crippen LogP contribution in [0.5, 0.6) is 11.6 Å². The number of primary amides is 1. The number of aromatic amines is 1. The number of carbonyl (C=O) groups excluding carboxylic acids is 1. The highest BCUT2D eigenvalue weighted by Crippen LogP contribution is 2.34. The molecule has 0 spiro atoms. The number of rotatable bonds is 7. The molecule has 33 heavy (non-hydrogen) atoms. The minimum absolute atomic E-state index is 0.0193. The van der Waals surface area contributed by atoms with Gasteiger partial charge in [0.05, 0.1) is 29.0 Å². The Morgan fingerprint density at radius 3 is 2.94 bits per heavy atom. The number of pyridine rings is 1. The molecule has 0 aliphatic carbocycles. The van der Waals surface area contributed by atoms with Crippen LogP contribution < -0.4 is 20.5 Å². The van der Waals surface area contributed by atoms with E-state index in [0.717, 1.165) is 22.3 Å². The molecule has 11 heteroatoms. The first-order valence-corrected chi connectivity index (χ1v) is 10.7. The fourth-order valence-corrected chi connectivity index (χ4v) is 3.81. The number of carbonyl (C=O) groups is 1. The largest absolute Gasteiger partial charge is 0.484 e. The van der Waals surface area contributed by atoms with Crippen molar-refractivity contribution >= 4 is 22.8 Å². The van der Waals surface area contributed by atoms with Gasteiger partial charge in [0.15, 0.2) is 5.75 Å². The van der Waals surface area contributed by atoms with Gasteiger partial charge in [-0.1, -0.05) is 13.8 Å². The Kier molecular flexibility index (Phi) is 5.29. The van der Waals surface area contributed by atoms with Gasteiger partial charge >= 0.3 is 0 Å². The Bertz CT molecular complexity index is 1310. The van der Waals surface area contributed by atoms with Crippen LogP contribution in [0.2, 0.25) is 0 Å². The summed E-state index contributed by atoms with van der Waals surface area (Å²) in [6.07, 6.45) is 4.94. The maximum Gasteiger partial charge on any atom is 0.257 e. The van der Waals surface area contributed by atoms with Gasteiger partial charge in [-0.25, -0.2) is 15.0 Å². The third-order valence-corrected chi connectivity index (χ3v) is 5.39. The van der Waals surface area contributed by atoms with Crippen molar-refractivity contribution in [3.05, 3.63) is 42.6 Å². The molecule has 170 valence electrons. The Balaban J connectivity index is 1.46. The lowest BCUT2D eigenvalue weighted by Gasteiger charge is -2.25. The van der Waals surface area contributed by atoms with Gasteiger partial charge in [-0.3, -0.25) is 9.48 Å². The molecule has 4 N–H and O–H groups in total. The van der Waals surface area contributed by atoms with Gasteiger partial charge < -0.3 is 25.5 Å². The molecular formula is C22H24N8O3. The number of ether oxygens (including phenoxy) is 2. The van der Waals surface area contributed by atoms with Crippen molar-refractivity contribution in [2.24, 2.45) is 11.7 Å². The fraction of sp³-hybridized carbons (Fsp3) is 0.318. The van der Waals surface area contributed by atoms with Gasteiger partial charge in [-0.05, 0) is 24.1 Å². The summed E-state index contributed by atoms with van der Waals surface area (Å²) in [7, 11) is 0. The molecule has 0 bridgehead atoms. The molecule has 5 heterocycles. The first kappa shape index (κ1) is 20.7. The summed E-state index contributed by atoms with van der Waals surface area (Å²) in [4.78, 5) is 28.0. The molecule has 0 saturated heterocycles. The van der Waals surface area contributed by atoms with Crippen molar-refractivity contribution < 1.29 is 14.3 Å². The summed E-state index contributed by atoms with van der Waals surface area (Å²) < 4.78 is 12.8. The number of nitrogens with two attached hydrogens (primary N) is 1. The molecule has 0 unspecified atom stereocenters. The molecule has 0 aromatic carbocycles. The number of nitrogens with zero attached hydrogens (tertiary/aromatic N) is 5. The van der Waals surface area contributed by atoms with Crippen LogP contribution in [0.25, 0.3) is 22.3 Å². The maximum absolute atomic E-state index is 11.2. The summed E-state index contributed by atoms with van der Waals surface area (Å²) in [6.45, 7) is 5.26. The molecule has 5 rings (SSSR count). The second-order valence-electron chi connectivity index (χ2n) is 8.16. The Hall–Kier alpha value is -4.15. The summed E-state index contributed by atoms with van der Waals surface area (Å²) >= 11 is 0. The zero-order valence-corrected chi connectivity index (χ0v) is 18.3. The van der Waals surface area contributed by atoms with E-state index < -0.39 is 5.91 Å². The van der Waals surface area contributed by atoms with Crippen molar-refractivity contribution in [1.29, 1.82) is 0 Å². The van der Waals surface area contributed by atoms with E-state index in [4.69, 9.17) is 15.2 Å². The zero-order chi connectivity index (χ0) is 22.9. The molecule has 1 aliphatic rings. The van der Waals surface area contributed by atoms with Crippen LogP contribution in [0.1, 0.15) is 25.6 Å². The standard InChI is InChI=1S/C22H24N8O3/c1-12(2)19(15-3-4-17-22(28-15)33-6-5-32-17)29-21-14-7-16(27-20(14)24-11-25-21)13-8-26-30(9-13)10-18(23)31/h3-4,7-9,11-12,19H,5-6,10H2,1-2H3,(H2,23,31)(H2,24,25,27,29)/t19-/m0/s1. The average Bonchev–Trinajstić information content (AvgIpc) is 3.43. The van der Waals surface area contributed by atoms with Crippen LogP contribution in [0.4, 0.5) is 5.82 Å². The third-order valence-electron chi connectivity index (χ3n) is 5.39. The topological polar surface area (TPSA) is 146 Å². The van der Waals surface area contributed by atoms with Crippen molar-refractivity contribution in [2.45, 2.75) is 26.4 Å². The minimum Gasteiger partial charge on any atom is -0.484 e.